The van der Waals surface area contributed by atoms with Crippen LogP contribution in [0.2, 0.25) is 0 Å². The number of nitrogens with one attached hydrogen (secondary N) is 2. The van der Waals surface area contributed by atoms with Crippen LogP contribution in [-0.4, -0.2) is 115 Å². The molecule has 1 aliphatic carbocycles. The van der Waals surface area contributed by atoms with Gasteiger partial charge in [0.1, 0.15) is 29.1 Å². The Morgan fingerprint density at radius 1 is 0.855 bits per heavy atom. The standard InChI is InChI=1S/C52H59N11O6/c1-31-27-59(35-12-15-58(16-13-35)36-5-7-39-33(21-36)29-63(49(39)67)42-8-10-46(65)56-48(42)66)17-18-60(31)37-6-9-45(54-26-37)55-41-22-34(28-57(4)50(41)68)38-11-14-53-47(40(38)30-64)62-20-19-61-43(51(62)69)23-32-24-52(2,3)25-44(32)61/h5-7,9,11,14,21-23,26,28,31,35,42,64H,8,10,12-13,15-20,24-25,27,29-30H2,1-4H3,(H,54,55)(H,56,65,66)/t31-,42-/m0/s1/i4D3. The summed E-state index contributed by atoms with van der Waals surface area (Å²) in [6.45, 7) is 8.91. The molecule has 17 nitrogen and oxygen atoms in total. The number of fused-ring (bicyclic) bond motifs is 4. The molecule has 0 radical (unpaired) electrons. The van der Waals surface area contributed by atoms with Gasteiger partial charge in [-0.3, -0.25) is 39.1 Å². The summed E-state index contributed by atoms with van der Waals surface area (Å²) in [5.74, 6) is -0.471. The Bertz CT molecular complexity index is 3090. The minimum absolute atomic E-state index is 0.0221. The zero-order valence-electron chi connectivity index (χ0n) is 42.2. The molecule has 0 spiro atoms. The van der Waals surface area contributed by atoms with E-state index in [1.807, 2.05) is 24.3 Å². The highest BCUT2D eigenvalue weighted by Crippen LogP contribution is 2.41. The maximum atomic E-state index is 14.1. The molecule has 69 heavy (non-hydrogen) atoms. The lowest BCUT2D eigenvalue weighted by atomic mass is 9.90. The molecule has 6 aliphatic rings. The number of rotatable bonds is 9. The van der Waals surface area contributed by atoms with E-state index >= 15 is 0 Å². The fraction of sp³-hybridized carbons (Fsp3) is 0.442. The van der Waals surface area contributed by atoms with Gasteiger partial charge in [0.15, 0.2) is 0 Å². The van der Waals surface area contributed by atoms with Crippen LogP contribution in [0, 0.1) is 5.41 Å². The highest BCUT2D eigenvalue weighted by molar-refractivity contribution is 6.07. The Hall–Kier alpha value is -6.85. The Balaban J connectivity index is 0.741. The summed E-state index contributed by atoms with van der Waals surface area (Å²) in [4.78, 5) is 85.1. The van der Waals surface area contributed by atoms with Crippen molar-refractivity contribution < 1.29 is 28.4 Å². The number of pyridine rings is 3. The zero-order chi connectivity index (χ0) is 50.4. The summed E-state index contributed by atoms with van der Waals surface area (Å²) >= 11 is 0. The van der Waals surface area contributed by atoms with E-state index in [2.05, 4.69) is 66.7 Å². The summed E-state index contributed by atoms with van der Waals surface area (Å²) < 4.78 is 27.6. The molecular weight excluding hydrogens is 875 g/mol. The van der Waals surface area contributed by atoms with Crippen molar-refractivity contribution in [2.45, 2.75) is 97.1 Å². The lowest BCUT2D eigenvalue weighted by molar-refractivity contribution is -0.136. The summed E-state index contributed by atoms with van der Waals surface area (Å²) in [7, 11) is 0. The molecule has 3 N–H and O–H groups in total. The van der Waals surface area contributed by atoms with Crippen LogP contribution >= 0.6 is 0 Å². The third kappa shape index (κ3) is 8.04. The number of aliphatic hydroxyl groups excluding tert-OH is 1. The number of aromatic nitrogens is 4. The van der Waals surface area contributed by atoms with Gasteiger partial charge in [-0.2, -0.15) is 0 Å². The van der Waals surface area contributed by atoms with Crippen molar-refractivity contribution in [3.8, 4) is 11.1 Å². The number of imide groups is 1. The van der Waals surface area contributed by atoms with Crippen molar-refractivity contribution in [1.29, 1.82) is 0 Å². The number of hydrogen-bond donors (Lipinski definition) is 3. The van der Waals surface area contributed by atoms with E-state index in [9.17, 15) is 29.1 Å². The van der Waals surface area contributed by atoms with Crippen molar-refractivity contribution in [3.63, 3.8) is 0 Å². The first-order valence-corrected chi connectivity index (χ1v) is 24.1. The number of aryl methyl sites for hydroxylation is 1. The molecule has 3 fully saturated rings. The molecule has 4 amide bonds. The number of piperidine rings is 2. The minimum Gasteiger partial charge on any atom is -0.392 e. The van der Waals surface area contributed by atoms with Gasteiger partial charge in [-0.15, -0.1) is 0 Å². The third-order valence-electron chi connectivity index (χ3n) is 15.3. The molecule has 358 valence electrons. The smallest absolute Gasteiger partial charge is 0.276 e. The van der Waals surface area contributed by atoms with Crippen molar-refractivity contribution >= 4 is 52.3 Å². The molecule has 5 aromatic rings. The van der Waals surface area contributed by atoms with Crippen LogP contribution in [-0.2, 0) is 49.1 Å². The molecule has 17 heteroatoms. The van der Waals surface area contributed by atoms with Crippen LogP contribution in [0.1, 0.15) is 93.8 Å². The Morgan fingerprint density at radius 3 is 2.43 bits per heavy atom. The number of carbonyl (C=O) groups excluding carboxylic acids is 4. The zero-order valence-corrected chi connectivity index (χ0v) is 39.2. The monoisotopic (exact) mass is 936 g/mol. The first kappa shape index (κ1) is 41.2. The average molecular weight is 937 g/mol. The lowest BCUT2D eigenvalue weighted by Gasteiger charge is -2.46. The molecule has 0 unspecified atom stereocenters. The summed E-state index contributed by atoms with van der Waals surface area (Å²) in [5.41, 5.74) is 6.92. The number of anilines is 5. The highest BCUT2D eigenvalue weighted by Gasteiger charge is 2.41. The first-order chi connectivity index (χ1) is 34.4. The first-order valence-electron chi connectivity index (χ1n) is 25.6. The Morgan fingerprint density at radius 2 is 1.68 bits per heavy atom. The fourth-order valence-electron chi connectivity index (χ4n) is 11.8. The van der Waals surface area contributed by atoms with E-state index in [0.717, 1.165) is 75.3 Å². The molecule has 0 bridgehead atoms. The van der Waals surface area contributed by atoms with Crippen LogP contribution in [0.25, 0.3) is 11.1 Å². The van der Waals surface area contributed by atoms with Gasteiger partial charge >= 0.3 is 0 Å². The van der Waals surface area contributed by atoms with Crippen molar-refractivity contribution in [2.75, 3.05) is 59.3 Å². The predicted octanol–water partition coefficient (Wildman–Crippen LogP) is 4.61. The van der Waals surface area contributed by atoms with Gasteiger partial charge in [-0.05, 0) is 110 Å². The number of carbonyl (C=O) groups is 4. The fourth-order valence-corrected chi connectivity index (χ4v) is 11.8. The molecule has 0 saturated carbocycles. The van der Waals surface area contributed by atoms with Gasteiger partial charge in [0, 0.05) is 122 Å². The summed E-state index contributed by atoms with van der Waals surface area (Å²) in [6, 6.07) is 14.8. The molecule has 1 aromatic carbocycles. The number of amides is 4. The van der Waals surface area contributed by atoms with Gasteiger partial charge in [0.25, 0.3) is 17.4 Å². The molecule has 5 aliphatic heterocycles. The molecule has 11 rings (SSSR count). The number of hydrogen-bond acceptors (Lipinski definition) is 12. The largest absolute Gasteiger partial charge is 0.392 e. The summed E-state index contributed by atoms with van der Waals surface area (Å²) in [6.07, 6.45) is 8.88. The maximum absolute atomic E-state index is 14.1. The molecule has 4 aromatic heterocycles. The topological polar surface area (TPSA) is 181 Å². The van der Waals surface area contributed by atoms with E-state index in [1.165, 1.54) is 23.7 Å². The second-order valence-electron chi connectivity index (χ2n) is 20.3. The van der Waals surface area contributed by atoms with Crippen LogP contribution in [0.3, 0.4) is 0 Å². The number of benzene rings is 1. The molecular formula is C52H59N11O6. The van der Waals surface area contributed by atoms with Gasteiger partial charge in [0.2, 0.25) is 11.8 Å². The van der Waals surface area contributed by atoms with Gasteiger partial charge < -0.3 is 34.3 Å². The predicted molar refractivity (Wildman–Crippen MR) is 262 cm³/mol. The summed E-state index contributed by atoms with van der Waals surface area (Å²) in [5, 5.41) is 16.3. The van der Waals surface area contributed by atoms with Crippen LogP contribution < -0.4 is 30.9 Å². The second kappa shape index (κ2) is 17.3. The number of aliphatic hydroxyl groups is 1. The molecule has 3 saturated heterocycles. The molecule has 2 atom stereocenters. The van der Waals surface area contributed by atoms with Crippen LogP contribution in [0.4, 0.5) is 28.7 Å². The van der Waals surface area contributed by atoms with E-state index in [4.69, 9.17) is 4.11 Å². The van der Waals surface area contributed by atoms with Crippen molar-refractivity contribution in [2.24, 2.45) is 12.4 Å². The lowest BCUT2D eigenvalue weighted by Crippen LogP contribution is -2.57. The van der Waals surface area contributed by atoms with E-state index < -0.39 is 31.1 Å². The van der Waals surface area contributed by atoms with Gasteiger partial charge in [-0.25, -0.2) is 9.97 Å². The average Bonchev–Trinajstić information content (AvgIpc) is 3.98. The minimum atomic E-state index is -2.83. The second-order valence-corrected chi connectivity index (χ2v) is 20.3. The normalized spacial score (nSPS) is 22.5. The Kier molecular flexibility index (Phi) is 10.3. The SMILES string of the molecule is [2H]C([2H])([2H])n1cc(-c2ccnc(N3CCn4c(cc5c4CC(C)(C)C5)C3=O)c2CO)cc(Nc2ccc(N3CCN(C4CCN(c5ccc6c(c5)CN([C@H]5CCC(=O)NC5=O)C6=O)CC4)C[C@@H]3C)cn2)c1=O. The van der Waals surface area contributed by atoms with Gasteiger partial charge in [0.05, 0.1) is 18.5 Å². The van der Waals surface area contributed by atoms with E-state index in [-0.39, 0.29) is 47.1 Å². The van der Waals surface area contributed by atoms with Crippen LogP contribution in [0.5, 0.6) is 0 Å². The highest BCUT2D eigenvalue weighted by atomic mass is 16.3. The third-order valence-corrected chi connectivity index (χ3v) is 15.3. The Labute approximate surface area is 404 Å². The van der Waals surface area contributed by atoms with Gasteiger partial charge in [-0.1, -0.05) is 13.8 Å². The van der Waals surface area contributed by atoms with E-state index in [0.29, 0.717) is 70.4 Å². The van der Waals surface area contributed by atoms with Crippen molar-refractivity contribution in [1.82, 2.24) is 34.2 Å². The maximum Gasteiger partial charge on any atom is 0.276 e. The van der Waals surface area contributed by atoms with E-state index in [1.54, 1.807) is 34.2 Å². The van der Waals surface area contributed by atoms with Crippen LogP contribution in [0.15, 0.2) is 71.9 Å². The number of nitrogens with zero attached hydrogens (tertiary/aromatic N) is 9. The number of piperazine rings is 1. The quantitative estimate of drug-likeness (QED) is 0.175. The van der Waals surface area contributed by atoms with Crippen molar-refractivity contribution in [3.05, 3.63) is 111 Å². The molecule has 9 heterocycles.